The highest BCUT2D eigenvalue weighted by Crippen LogP contribution is 2.33. The third-order valence-electron chi connectivity index (χ3n) is 4.40. The fourth-order valence-electron chi connectivity index (χ4n) is 3.04. The fourth-order valence-corrected chi connectivity index (χ4v) is 3.72. The van der Waals surface area contributed by atoms with E-state index < -0.39 is 0 Å². The number of hydrogen-bond acceptors (Lipinski definition) is 4. The molecule has 1 aromatic heterocycles. The molecule has 1 aliphatic rings. The summed E-state index contributed by atoms with van der Waals surface area (Å²) in [4.78, 5) is 13.0. The molecular formula is C22H15Cl3N2O3. The summed E-state index contributed by atoms with van der Waals surface area (Å²) in [5.74, 6) is 0.744. The summed E-state index contributed by atoms with van der Waals surface area (Å²) in [6.07, 6.45) is 1.64. The molecule has 2 aromatic carbocycles. The first-order chi connectivity index (χ1) is 14.5. The van der Waals surface area contributed by atoms with Crippen molar-refractivity contribution in [3.8, 4) is 11.3 Å². The Hall–Kier alpha value is -2.57. The molecule has 3 aromatic rings. The number of carbonyl (C=O) groups is 1. The average Bonchev–Trinajstić information content (AvgIpc) is 3.28. The van der Waals surface area contributed by atoms with Crippen molar-refractivity contribution in [3.05, 3.63) is 81.0 Å². The molecule has 1 aliphatic heterocycles. The van der Waals surface area contributed by atoms with Gasteiger partial charge in [0.1, 0.15) is 17.2 Å². The largest absolute Gasteiger partial charge is 0.457 e. The number of anilines is 1. The molecule has 0 aliphatic carbocycles. The molecule has 4 rings (SSSR count). The summed E-state index contributed by atoms with van der Waals surface area (Å²) in [6.45, 7) is 0.172. The van der Waals surface area contributed by atoms with Crippen molar-refractivity contribution in [2.24, 2.45) is 5.10 Å². The normalized spacial score (nSPS) is 15.2. The molecule has 0 fully saturated rings. The van der Waals surface area contributed by atoms with Crippen LogP contribution in [0.15, 0.2) is 69.7 Å². The van der Waals surface area contributed by atoms with Crippen LogP contribution < -0.4 is 5.01 Å². The summed E-state index contributed by atoms with van der Waals surface area (Å²) in [5, 5.41) is 7.23. The van der Waals surface area contributed by atoms with E-state index >= 15 is 0 Å². The van der Waals surface area contributed by atoms with Crippen LogP contribution in [0.5, 0.6) is 0 Å². The third kappa shape index (κ3) is 4.16. The Kier molecular flexibility index (Phi) is 5.97. The predicted molar refractivity (Wildman–Crippen MR) is 120 cm³/mol. The van der Waals surface area contributed by atoms with E-state index in [0.717, 1.165) is 0 Å². The van der Waals surface area contributed by atoms with Gasteiger partial charge in [0.05, 0.1) is 22.9 Å². The Labute approximate surface area is 188 Å². The lowest BCUT2D eigenvalue weighted by atomic mass is 10.1. The Morgan fingerprint density at radius 2 is 1.87 bits per heavy atom. The lowest BCUT2D eigenvalue weighted by Gasteiger charge is -2.11. The van der Waals surface area contributed by atoms with Crippen LogP contribution in [0, 0.1) is 0 Å². The number of amides is 1. The number of benzene rings is 2. The first kappa shape index (κ1) is 20.7. The second kappa shape index (κ2) is 8.66. The number of furan rings is 1. The fraction of sp³-hybridized carbons (Fsp3) is 0.0909. The lowest BCUT2D eigenvalue weighted by Crippen LogP contribution is -2.21. The maximum atomic E-state index is 13.0. The first-order valence-electron chi connectivity index (χ1n) is 8.90. The van der Waals surface area contributed by atoms with Gasteiger partial charge in [0.15, 0.2) is 0 Å². The van der Waals surface area contributed by atoms with Crippen LogP contribution in [0.25, 0.3) is 17.4 Å². The van der Waals surface area contributed by atoms with Crippen molar-refractivity contribution in [1.29, 1.82) is 0 Å². The summed E-state index contributed by atoms with van der Waals surface area (Å²) < 4.78 is 11.1. The van der Waals surface area contributed by atoms with Crippen molar-refractivity contribution < 1.29 is 13.9 Å². The number of rotatable bonds is 5. The van der Waals surface area contributed by atoms with Gasteiger partial charge in [-0.15, -0.1) is 0 Å². The molecule has 152 valence electrons. The van der Waals surface area contributed by atoms with E-state index in [9.17, 15) is 4.79 Å². The summed E-state index contributed by atoms with van der Waals surface area (Å²) in [7, 11) is 1.54. The highest BCUT2D eigenvalue weighted by Gasteiger charge is 2.31. The number of hydrogen-bond donors (Lipinski definition) is 0. The second-order valence-electron chi connectivity index (χ2n) is 6.46. The molecule has 0 unspecified atom stereocenters. The Balaban J connectivity index is 1.68. The molecule has 0 N–H and O–H groups in total. The van der Waals surface area contributed by atoms with E-state index in [-0.39, 0.29) is 12.5 Å². The predicted octanol–water partition coefficient (Wildman–Crippen LogP) is 6.34. The van der Waals surface area contributed by atoms with E-state index in [1.165, 1.54) is 5.01 Å². The summed E-state index contributed by atoms with van der Waals surface area (Å²) >= 11 is 18.3. The summed E-state index contributed by atoms with van der Waals surface area (Å²) in [5.41, 5.74) is 2.14. The summed E-state index contributed by atoms with van der Waals surface area (Å²) in [6, 6.07) is 15.6. The van der Waals surface area contributed by atoms with Crippen LogP contribution in [0.3, 0.4) is 0 Å². The minimum Gasteiger partial charge on any atom is -0.457 e. The van der Waals surface area contributed by atoms with Gasteiger partial charge in [0.25, 0.3) is 5.91 Å². The zero-order valence-electron chi connectivity index (χ0n) is 15.7. The molecule has 2 heterocycles. The standard InChI is InChI=1S/C22H15Cl3N2O3/c1-29-12-20-18(22(28)27(26-20)15-4-2-3-13(23)9-15)11-16-6-8-21(30-16)17-7-5-14(24)10-19(17)25/h2-11H,12H2,1H3/b18-11+. The van der Waals surface area contributed by atoms with Crippen LogP contribution in [-0.2, 0) is 9.53 Å². The lowest BCUT2D eigenvalue weighted by molar-refractivity contribution is -0.114. The topological polar surface area (TPSA) is 55.0 Å². The van der Waals surface area contributed by atoms with Crippen LogP contribution in [0.4, 0.5) is 5.69 Å². The molecule has 0 bridgehead atoms. The van der Waals surface area contributed by atoms with Crippen molar-refractivity contribution >= 4 is 58.2 Å². The van der Waals surface area contributed by atoms with E-state index in [2.05, 4.69) is 5.10 Å². The van der Waals surface area contributed by atoms with Gasteiger partial charge in [-0.25, -0.2) is 0 Å². The molecule has 1 amide bonds. The van der Waals surface area contributed by atoms with Crippen molar-refractivity contribution in [3.63, 3.8) is 0 Å². The second-order valence-corrected chi connectivity index (χ2v) is 7.74. The molecule has 0 atom stereocenters. The SMILES string of the molecule is COCC1=NN(c2cccc(Cl)c2)C(=O)/C1=C/c1ccc(-c2ccc(Cl)cc2Cl)o1. The minimum atomic E-state index is -0.299. The molecule has 0 saturated carbocycles. The number of ether oxygens (including phenoxy) is 1. The Morgan fingerprint density at radius 1 is 1.07 bits per heavy atom. The number of nitrogens with zero attached hydrogens (tertiary/aromatic N) is 2. The quantitative estimate of drug-likeness (QED) is 0.417. The zero-order valence-corrected chi connectivity index (χ0v) is 18.0. The highest BCUT2D eigenvalue weighted by molar-refractivity contribution is 6.36. The van der Waals surface area contributed by atoms with Crippen LogP contribution in [0.2, 0.25) is 15.1 Å². The van der Waals surface area contributed by atoms with E-state index in [4.69, 9.17) is 44.0 Å². The van der Waals surface area contributed by atoms with Crippen molar-refractivity contribution in [2.45, 2.75) is 0 Å². The van der Waals surface area contributed by atoms with Gasteiger partial charge in [0, 0.05) is 22.7 Å². The van der Waals surface area contributed by atoms with Gasteiger partial charge in [-0.1, -0.05) is 40.9 Å². The van der Waals surface area contributed by atoms with Gasteiger partial charge in [-0.3, -0.25) is 4.79 Å². The van der Waals surface area contributed by atoms with Crippen molar-refractivity contribution in [1.82, 2.24) is 0 Å². The molecular weight excluding hydrogens is 447 g/mol. The van der Waals surface area contributed by atoms with Crippen LogP contribution >= 0.6 is 34.8 Å². The monoisotopic (exact) mass is 460 g/mol. The number of halogens is 3. The van der Waals surface area contributed by atoms with Crippen LogP contribution in [0.1, 0.15) is 5.76 Å². The van der Waals surface area contributed by atoms with Crippen molar-refractivity contribution in [2.75, 3.05) is 18.7 Å². The van der Waals surface area contributed by atoms with Crippen LogP contribution in [-0.4, -0.2) is 25.3 Å². The molecule has 0 radical (unpaired) electrons. The first-order valence-corrected chi connectivity index (χ1v) is 10.0. The average molecular weight is 462 g/mol. The van der Waals surface area contributed by atoms with Gasteiger partial charge in [0.2, 0.25) is 0 Å². The molecule has 0 spiro atoms. The van der Waals surface area contributed by atoms with E-state index in [1.807, 2.05) is 0 Å². The molecule has 5 nitrogen and oxygen atoms in total. The minimum absolute atomic E-state index is 0.172. The Morgan fingerprint density at radius 3 is 2.60 bits per heavy atom. The molecule has 30 heavy (non-hydrogen) atoms. The Bertz CT molecular complexity index is 1180. The van der Waals surface area contributed by atoms with Gasteiger partial charge < -0.3 is 9.15 Å². The van der Waals surface area contributed by atoms with Gasteiger partial charge in [-0.2, -0.15) is 10.1 Å². The molecule has 0 saturated heterocycles. The number of hydrazone groups is 1. The highest BCUT2D eigenvalue weighted by atomic mass is 35.5. The zero-order chi connectivity index (χ0) is 21.3. The molecule has 8 heteroatoms. The maximum Gasteiger partial charge on any atom is 0.280 e. The van der Waals surface area contributed by atoms with E-state index in [1.54, 1.807) is 67.8 Å². The number of carbonyl (C=O) groups excluding carboxylic acids is 1. The maximum absolute atomic E-state index is 13.0. The van der Waals surface area contributed by atoms with E-state index in [0.29, 0.717) is 49.1 Å². The third-order valence-corrected chi connectivity index (χ3v) is 5.18. The number of methoxy groups -OCH3 is 1. The van der Waals surface area contributed by atoms with Gasteiger partial charge in [-0.05, 0) is 54.6 Å². The van der Waals surface area contributed by atoms with Gasteiger partial charge >= 0.3 is 0 Å². The smallest absolute Gasteiger partial charge is 0.280 e.